The molecule has 3 amide bonds. The number of carbonyl (C=O) groups is 2. The average Bonchev–Trinajstić information content (AvgIpc) is 2.18. The minimum Gasteiger partial charge on any atom is -0.384 e. The number of hydrazone groups is 1. The summed E-state index contributed by atoms with van der Waals surface area (Å²) in [5.41, 5.74) is 12.0. The Balaban J connectivity index is 2.63. The highest BCUT2D eigenvalue weighted by Gasteiger charge is 2.28. The Labute approximate surface area is 61.8 Å². The molecule has 0 aliphatic carbocycles. The molecule has 1 aliphatic rings. The summed E-state index contributed by atoms with van der Waals surface area (Å²) >= 11 is 0. The predicted octanol–water partition coefficient (Wildman–Crippen LogP) is -2.57. The minimum absolute atomic E-state index is 0.00815. The molecule has 1 rings (SSSR count). The number of urea groups is 1. The van der Waals surface area contributed by atoms with E-state index in [1.807, 2.05) is 0 Å². The van der Waals surface area contributed by atoms with E-state index in [4.69, 9.17) is 11.5 Å². The maximum Gasteiger partial charge on any atom is 0.313 e. The van der Waals surface area contributed by atoms with Crippen LogP contribution in [0.4, 0.5) is 4.79 Å². The van der Waals surface area contributed by atoms with Crippen LogP contribution in [-0.2, 0) is 4.79 Å². The van der Waals surface area contributed by atoms with Crippen LogP contribution in [0.25, 0.3) is 0 Å². The van der Waals surface area contributed by atoms with Gasteiger partial charge in [-0.1, -0.05) is 0 Å². The number of amidine groups is 1. The zero-order valence-electron chi connectivity index (χ0n) is 5.50. The Morgan fingerprint density at radius 1 is 1.73 bits per heavy atom. The number of rotatable bonds is 1. The molecule has 0 fully saturated rings. The number of nitrogens with two attached hydrogens (primary N) is 2. The van der Waals surface area contributed by atoms with Crippen LogP contribution in [0.3, 0.4) is 0 Å². The number of amides is 3. The number of hydrogen-bond donors (Lipinski definition) is 4. The van der Waals surface area contributed by atoms with Crippen molar-refractivity contribution in [1.29, 1.82) is 0 Å². The third-order valence-electron chi connectivity index (χ3n) is 1.14. The summed E-state index contributed by atoms with van der Waals surface area (Å²) in [6.07, 6.45) is 0. The van der Waals surface area contributed by atoms with Crippen molar-refractivity contribution >= 4 is 17.8 Å². The van der Waals surface area contributed by atoms with Gasteiger partial charge in [-0.25, -0.2) is 10.2 Å². The summed E-state index contributed by atoms with van der Waals surface area (Å²) in [6.45, 7) is 0. The molecule has 1 unspecified atom stereocenters. The van der Waals surface area contributed by atoms with Crippen LogP contribution in [0, 0.1) is 0 Å². The molecule has 0 saturated heterocycles. The third-order valence-corrected chi connectivity index (χ3v) is 1.14. The van der Waals surface area contributed by atoms with E-state index < -0.39 is 18.0 Å². The fourth-order valence-electron chi connectivity index (χ4n) is 0.665. The summed E-state index contributed by atoms with van der Waals surface area (Å²) in [7, 11) is 0. The molecule has 1 atom stereocenters. The number of primary amides is 1. The molecule has 7 nitrogen and oxygen atoms in total. The molecule has 7 heteroatoms. The smallest absolute Gasteiger partial charge is 0.313 e. The third kappa shape index (κ3) is 1.37. The Morgan fingerprint density at radius 2 is 2.36 bits per heavy atom. The van der Waals surface area contributed by atoms with E-state index in [0.717, 1.165) is 0 Å². The van der Waals surface area contributed by atoms with E-state index in [9.17, 15) is 9.59 Å². The van der Waals surface area contributed by atoms with Crippen LogP contribution in [-0.4, -0.2) is 23.8 Å². The largest absolute Gasteiger partial charge is 0.384 e. The van der Waals surface area contributed by atoms with Crippen molar-refractivity contribution in [3.8, 4) is 0 Å². The summed E-state index contributed by atoms with van der Waals surface area (Å²) in [6, 6.07) is -1.74. The van der Waals surface area contributed by atoms with Crippen molar-refractivity contribution in [2.45, 2.75) is 6.04 Å². The van der Waals surface area contributed by atoms with Gasteiger partial charge in [0.25, 0.3) is 5.91 Å². The lowest BCUT2D eigenvalue weighted by molar-refractivity contribution is -0.120. The summed E-state index contributed by atoms with van der Waals surface area (Å²) in [5, 5.41) is 5.49. The van der Waals surface area contributed by atoms with Gasteiger partial charge in [-0.15, -0.1) is 0 Å². The molecule has 6 N–H and O–H groups in total. The first-order valence-corrected chi connectivity index (χ1v) is 2.80. The lowest BCUT2D eigenvalue weighted by Crippen LogP contribution is -2.49. The normalized spacial score (nSPS) is 22.4. The lowest BCUT2D eigenvalue weighted by Gasteiger charge is -2.06. The molecule has 11 heavy (non-hydrogen) atoms. The Kier molecular flexibility index (Phi) is 1.63. The fraction of sp³-hybridized carbons (Fsp3) is 0.250. The second-order valence-electron chi connectivity index (χ2n) is 1.95. The quantitative estimate of drug-likeness (QED) is 0.334. The predicted molar refractivity (Wildman–Crippen MR) is 36.3 cm³/mol. The van der Waals surface area contributed by atoms with Crippen LogP contribution in [0.15, 0.2) is 5.10 Å². The molecular formula is C4H7N5O2. The summed E-state index contributed by atoms with van der Waals surface area (Å²) in [5.74, 6) is -0.477. The first-order chi connectivity index (χ1) is 5.11. The van der Waals surface area contributed by atoms with Gasteiger partial charge in [0, 0.05) is 0 Å². The first-order valence-electron chi connectivity index (χ1n) is 2.80. The van der Waals surface area contributed by atoms with Gasteiger partial charge < -0.3 is 16.8 Å². The van der Waals surface area contributed by atoms with Crippen molar-refractivity contribution in [3.63, 3.8) is 0 Å². The zero-order valence-corrected chi connectivity index (χ0v) is 5.50. The SMILES string of the molecule is NC(=O)NC1C(=O)NN=C1N. The second-order valence-corrected chi connectivity index (χ2v) is 1.95. The van der Waals surface area contributed by atoms with Crippen molar-refractivity contribution in [2.24, 2.45) is 16.6 Å². The van der Waals surface area contributed by atoms with Crippen molar-refractivity contribution in [1.82, 2.24) is 10.7 Å². The Hall–Kier alpha value is -1.79. The summed E-state index contributed by atoms with van der Waals surface area (Å²) < 4.78 is 0. The zero-order chi connectivity index (χ0) is 8.43. The molecule has 0 spiro atoms. The van der Waals surface area contributed by atoms with Gasteiger partial charge in [0.15, 0.2) is 11.9 Å². The molecule has 0 bridgehead atoms. The van der Waals surface area contributed by atoms with E-state index in [0.29, 0.717) is 0 Å². The van der Waals surface area contributed by atoms with Crippen LogP contribution >= 0.6 is 0 Å². The molecule has 60 valence electrons. The van der Waals surface area contributed by atoms with E-state index >= 15 is 0 Å². The van der Waals surface area contributed by atoms with Gasteiger partial charge in [-0.2, -0.15) is 5.10 Å². The average molecular weight is 157 g/mol. The molecule has 0 aromatic rings. The highest BCUT2D eigenvalue weighted by atomic mass is 16.2. The molecule has 1 heterocycles. The number of carbonyl (C=O) groups excluding carboxylic acids is 2. The molecule has 0 aromatic carbocycles. The highest BCUT2D eigenvalue weighted by Crippen LogP contribution is 1.91. The van der Waals surface area contributed by atoms with Crippen LogP contribution in [0.1, 0.15) is 0 Å². The van der Waals surface area contributed by atoms with Gasteiger partial charge in [0.1, 0.15) is 0 Å². The number of hydrogen-bond acceptors (Lipinski definition) is 4. The van der Waals surface area contributed by atoms with Gasteiger partial charge in [0.05, 0.1) is 0 Å². The topological polar surface area (TPSA) is 123 Å². The lowest BCUT2D eigenvalue weighted by atomic mass is 10.3. The standard InChI is InChI=1S/C4H7N5O2/c5-2-1(7-4(6)11)3(10)9-8-2/h1H,(H2,5,8)(H,9,10)(H3,6,7,11). The first kappa shape index (κ1) is 7.32. The van der Waals surface area contributed by atoms with Gasteiger partial charge in [-0.05, 0) is 0 Å². The monoisotopic (exact) mass is 157 g/mol. The van der Waals surface area contributed by atoms with Gasteiger partial charge in [0.2, 0.25) is 0 Å². The van der Waals surface area contributed by atoms with E-state index in [-0.39, 0.29) is 5.84 Å². The van der Waals surface area contributed by atoms with Crippen molar-refractivity contribution in [2.75, 3.05) is 0 Å². The molecular weight excluding hydrogens is 150 g/mol. The highest BCUT2D eigenvalue weighted by molar-refractivity contribution is 6.11. The number of nitrogens with zero attached hydrogens (tertiary/aromatic N) is 1. The summed E-state index contributed by atoms with van der Waals surface area (Å²) in [4.78, 5) is 21.0. The maximum absolute atomic E-state index is 10.7. The molecule has 1 aliphatic heterocycles. The van der Waals surface area contributed by atoms with Crippen molar-refractivity contribution in [3.05, 3.63) is 0 Å². The minimum atomic E-state index is -0.924. The second kappa shape index (κ2) is 2.45. The fourth-order valence-corrected chi connectivity index (χ4v) is 0.665. The van der Waals surface area contributed by atoms with Crippen LogP contribution in [0.5, 0.6) is 0 Å². The molecule has 0 radical (unpaired) electrons. The molecule has 0 saturated carbocycles. The van der Waals surface area contributed by atoms with E-state index in [1.54, 1.807) is 0 Å². The van der Waals surface area contributed by atoms with E-state index in [1.165, 1.54) is 0 Å². The number of nitrogens with one attached hydrogen (secondary N) is 2. The molecule has 0 aromatic heterocycles. The van der Waals surface area contributed by atoms with Gasteiger partial charge in [-0.3, -0.25) is 4.79 Å². The van der Waals surface area contributed by atoms with Crippen molar-refractivity contribution < 1.29 is 9.59 Å². The van der Waals surface area contributed by atoms with Crippen LogP contribution < -0.4 is 22.2 Å². The van der Waals surface area contributed by atoms with Gasteiger partial charge >= 0.3 is 6.03 Å². The van der Waals surface area contributed by atoms with Crippen LogP contribution in [0.2, 0.25) is 0 Å². The van der Waals surface area contributed by atoms with E-state index in [2.05, 4.69) is 15.8 Å². The Morgan fingerprint density at radius 3 is 2.73 bits per heavy atom. The Bertz CT molecular complexity index is 235. The maximum atomic E-state index is 10.7.